The number of carboxylic acid groups (broad SMARTS) is 1. The first kappa shape index (κ1) is 46.8. The molecule has 0 bridgehead atoms. The first-order valence-electron chi connectivity index (χ1n) is 19.8. The van der Waals surface area contributed by atoms with Crippen molar-refractivity contribution < 1.29 is 24.2 Å². The maximum atomic E-state index is 11.7. The highest BCUT2D eigenvalue weighted by atomic mass is 16.5. The molecule has 0 radical (unpaired) electrons. The van der Waals surface area contributed by atoms with Crippen molar-refractivity contribution in [1.29, 1.82) is 0 Å². The topological polar surface area (TPSA) is 148 Å². The number of piperidine rings is 1. The Labute approximate surface area is 317 Å². The van der Waals surface area contributed by atoms with Gasteiger partial charge in [0, 0.05) is 55.3 Å². The molecular formula is C42H67N5O6. The van der Waals surface area contributed by atoms with Crippen LogP contribution in [0.2, 0.25) is 0 Å². The van der Waals surface area contributed by atoms with Gasteiger partial charge in [-0.1, -0.05) is 109 Å². The Hall–Kier alpha value is -4.25. The number of pyridine rings is 2. The third-order valence-electron chi connectivity index (χ3n) is 8.95. The number of aliphatic carboxylic acids is 1. The number of anilines is 2. The first-order chi connectivity index (χ1) is 25.8. The van der Waals surface area contributed by atoms with E-state index in [1.165, 1.54) is 124 Å². The fourth-order valence-electron chi connectivity index (χ4n) is 6.03. The van der Waals surface area contributed by atoms with Crippen molar-refractivity contribution in [3.05, 3.63) is 65.3 Å². The minimum atomic E-state index is -1.09. The number of carboxylic acids is 1. The molecule has 2 aromatic heterocycles. The lowest BCUT2D eigenvalue weighted by atomic mass is 10.1. The second-order valence-corrected chi connectivity index (χ2v) is 12.9. The summed E-state index contributed by atoms with van der Waals surface area (Å²) < 4.78 is 5.36. The van der Waals surface area contributed by atoms with Crippen LogP contribution in [0, 0.1) is 0 Å². The lowest BCUT2D eigenvalue weighted by Gasteiger charge is -2.29. The molecule has 53 heavy (non-hydrogen) atoms. The van der Waals surface area contributed by atoms with Crippen LogP contribution in [-0.4, -0.2) is 66.3 Å². The Kier molecular flexibility index (Phi) is 26.7. The van der Waals surface area contributed by atoms with Crippen molar-refractivity contribution in [2.75, 3.05) is 43.1 Å². The van der Waals surface area contributed by atoms with Crippen LogP contribution in [0.15, 0.2) is 59.8 Å². The van der Waals surface area contributed by atoms with Crippen molar-refractivity contribution in [3.63, 3.8) is 0 Å². The minimum Gasteiger partial charge on any atom is -0.480 e. The van der Waals surface area contributed by atoms with Gasteiger partial charge in [-0.15, -0.1) is 0 Å². The summed E-state index contributed by atoms with van der Waals surface area (Å²) in [5.74, 6) is -1.25. The molecule has 0 saturated carbocycles. The predicted molar refractivity (Wildman–Crippen MR) is 218 cm³/mol. The molecule has 1 fully saturated rings. The number of methoxy groups -OCH3 is 1. The molecular weight excluding hydrogens is 670 g/mol. The lowest BCUT2D eigenvalue weighted by molar-refractivity contribution is -0.140. The molecule has 11 heteroatoms. The van der Waals surface area contributed by atoms with E-state index >= 15 is 0 Å². The summed E-state index contributed by atoms with van der Waals surface area (Å²) in [6, 6.07) is 11.4. The Balaban J connectivity index is 0.000000483. The van der Waals surface area contributed by atoms with Crippen LogP contribution in [0.25, 0.3) is 10.8 Å². The van der Waals surface area contributed by atoms with Gasteiger partial charge in [0.2, 0.25) is 6.41 Å². The summed E-state index contributed by atoms with van der Waals surface area (Å²) in [4.78, 5) is 52.2. The number of ether oxygens (including phenoxy) is 1. The quantitative estimate of drug-likeness (QED) is 0.0663. The highest BCUT2D eigenvalue weighted by molar-refractivity contribution is 5.93. The van der Waals surface area contributed by atoms with E-state index in [2.05, 4.69) is 38.9 Å². The number of nitrogens with two attached hydrogens (primary N) is 1. The van der Waals surface area contributed by atoms with E-state index in [-0.39, 0.29) is 5.97 Å². The van der Waals surface area contributed by atoms with Crippen molar-refractivity contribution >= 4 is 40.5 Å². The molecule has 3 aromatic rings. The van der Waals surface area contributed by atoms with Gasteiger partial charge in [0.15, 0.2) is 0 Å². The zero-order chi connectivity index (χ0) is 39.1. The number of carbonyl (C=O) groups is 3. The first-order valence-corrected chi connectivity index (χ1v) is 19.8. The Bertz CT molecular complexity index is 1460. The molecule has 3 N–H and O–H groups in total. The van der Waals surface area contributed by atoms with Gasteiger partial charge in [0.05, 0.1) is 24.7 Å². The fourth-order valence-corrected chi connectivity index (χ4v) is 6.03. The number of aromatic nitrogens is 2. The maximum Gasteiger partial charge on any atom is 0.323 e. The van der Waals surface area contributed by atoms with E-state index in [1.54, 1.807) is 13.0 Å². The van der Waals surface area contributed by atoms with Crippen LogP contribution in [-0.2, 0) is 25.7 Å². The van der Waals surface area contributed by atoms with Gasteiger partial charge < -0.3 is 29.9 Å². The SMILES string of the molecule is CC.CCC(=O)OC.NCCCCCCCCCCCCCCN(C=O)c1ccc(=O)n(CC(=O)O)c1.c1ccc2c(N3CCCCC3)cncc2c1. The molecule has 1 amide bonds. The van der Waals surface area contributed by atoms with Gasteiger partial charge in [0.1, 0.15) is 6.54 Å². The van der Waals surface area contributed by atoms with Crippen molar-refractivity contribution in [2.24, 2.45) is 5.73 Å². The smallest absolute Gasteiger partial charge is 0.323 e. The number of amides is 1. The van der Waals surface area contributed by atoms with Gasteiger partial charge in [-0.2, -0.15) is 0 Å². The number of rotatable bonds is 20. The zero-order valence-corrected chi connectivity index (χ0v) is 33.0. The average Bonchev–Trinajstić information content (AvgIpc) is 3.20. The number of fused-ring (bicyclic) bond motifs is 1. The molecule has 296 valence electrons. The highest BCUT2D eigenvalue weighted by Crippen LogP contribution is 2.27. The molecule has 4 rings (SSSR count). The summed E-state index contributed by atoms with van der Waals surface area (Å²) in [5.41, 5.74) is 6.95. The van der Waals surface area contributed by atoms with Gasteiger partial charge in [-0.05, 0) is 44.7 Å². The molecule has 1 saturated heterocycles. The average molecular weight is 738 g/mol. The molecule has 11 nitrogen and oxygen atoms in total. The Morgan fingerprint density at radius 1 is 0.868 bits per heavy atom. The number of carbonyl (C=O) groups excluding carboxylic acids is 2. The van der Waals surface area contributed by atoms with Crippen LogP contribution in [0.3, 0.4) is 0 Å². The van der Waals surface area contributed by atoms with Gasteiger partial charge in [0.25, 0.3) is 5.56 Å². The molecule has 1 aliphatic rings. The molecule has 0 atom stereocenters. The summed E-state index contributed by atoms with van der Waals surface area (Å²) in [6.45, 7) is 9.07. The Morgan fingerprint density at radius 3 is 1.98 bits per heavy atom. The summed E-state index contributed by atoms with van der Waals surface area (Å²) in [5, 5.41) is 11.4. The minimum absolute atomic E-state index is 0.157. The van der Waals surface area contributed by atoms with Crippen molar-refractivity contribution in [1.82, 2.24) is 9.55 Å². The maximum absolute atomic E-state index is 11.7. The molecule has 1 aliphatic heterocycles. The van der Waals surface area contributed by atoms with Crippen LogP contribution < -0.4 is 21.1 Å². The summed E-state index contributed by atoms with van der Waals surface area (Å²) >= 11 is 0. The van der Waals surface area contributed by atoms with E-state index in [0.29, 0.717) is 18.7 Å². The van der Waals surface area contributed by atoms with E-state index in [1.807, 2.05) is 26.2 Å². The predicted octanol–water partition coefficient (Wildman–Crippen LogP) is 8.36. The number of esters is 1. The van der Waals surface area contributed by atoms with Gasteiger partial charge in [-0.3, -0.25) is 24.2 Å². The lowest BCUT2D eigenvalue weighted by Crippen LogP contribution is -2.29. The van der Waals surface area contributed by atoms with E-state index < -0.39 is 18.1 Å². The van der Waals surface area contributed by atoms with Crippen LogP contribution >= 0.6 is 0 Å². The van der Waals surface area contributed by atoms with E-state index in [4.69, 9.17) is 10.8 Å². The van der Waals surface area contributed by atoms with Crippen molar-refractivity contribution in [2.45, 2.75) is 130 Å². The van der Waals surface area contributed by atoms with E-state index in [9.17, 15) is 19.2 Å². The summed E-state index contributed by atoms with van der Waals surface area (Å²) in [6.07, 6.45) is 25.1. The second-order valence-electron chi connectivity index (χ2n) is 12.9. The summed E-state index contributed by atoms with van der Waals surface area (Å²) in [7, 11) is 1.38. The largest absolute Gasteiger partial charge is 0.480 e. The third-order valence-corrected chi connectivity index (χ3v) is 8.95. The van der Waals surface area contributed by atoms with E-state index in [0.717, 1.165) is 43.2 Å². The number of nitrogens with zero attached hydrogens (tertiary/aromatic N) is 4. The molecule has 0 unspecified atom stereocenters. The fraction of sp³-hybridized carbons (Fsp3) is 0.595. The number of benzene rings is 1. The number of hydrogen-bond acceptors (Lipinski definition) is 8. The zero-order valence-electron chi connectivity index (χ0n) is 33.0. The monoisotopic (exact) mass is 738 g/mol. The van der Waals surface area contributed by atoms with Crippen LogP contribution in [0.5, 0.6) is 0 Å². The Morgan fingerprint density at radius 2 is 1.45 bits per heavy atom. The standard InChI is InChI=1S/C22H37N3O4.C14H16N2.C4H8O2.C2H6/c23-15-11-9-7-5-3-1-2-4-6-8-10-12-16-24(19-26)20-13-14-21(27)25(17-20)18-22(28)29;1-4-8-16(9-5-1)14-11-15-10-12-6-2-3-7-13(12)14;1-3-4(5)6-2;1-2/h13-14,17,19H,1-12,15-16,18,23H2,(H,28,29);2-3,6-7,10-11H,1,4-5,8-9H2;3H2,1-2H3;1-2H3. The molecule has 0 aliphatic carbocycles. The third kappa shape index (κ3) is 20.0. The molecule has 0 spiro atoms. The van der Waals surface area contributed by atoms with Crippen LogP contribution in [0.1, 0.15) is 124 Å². The molecule has 1 aromatic carbocycles. The second kappa shape index (κ2) is 30.2. The van der Waals surface area contributed by atoms with Crippen LogP contribution in [0.4, 0.5) is 11.4 Å². The normalized spacial score (nSPS) is 11.9. The number of unbranched alkanes of at least 4 members (excludes halogenated alkanes) is 11. The molecule has 3 heterocycles. The van der Waals surface area contributed by atoms with Gasteiger partial charge >= 0.3 is 11.9 Å². The van der Waals surface area contributed by atoms with Gasteiger partial charge in [-0.25, -0.2) is 0 Å². The van der Waals surface area contributed by atoms with Crippen molar-refractivity contribution in [3.8, 4) is 0 Å². The highest BCUT2D eigenvalue weighted by Gasteiger charge is 2.13. The number of hydrogen-bond donors (Lipinski definition) is 2.